The van der Waals surface area contributed by atoms with Crippen molar-refractivity contribution in [2.45, 2.75) is 5.16 Å². The number of rotatable bonds is 5. The fourth-order valence-corrected chi connectivity index (χ4v) is 2.06. The number of amides is 1. The Balaban J connectivity index is 1.91. The van der Waals surface area contributed by atoms with Crippen molar-refractivity contribution in [1.82, 2.24) is 9.97 Å². The summed E-state index contributed by atoms with van der Waals surface area (Å²) >= 11 is 1.26. The molecule has 0 spiro atoms. The number of nitrogens with one attached hydrogen (secondary N) is 1. The van der Waals surface area contributed by atoms with Crippen LogP contribution in [0.2, 0.25) is 0 Å². The smallest absolute Gasteiger partial charge is 0.234 e. The van der Waals surface area contributed by atoms with Crippen molar-refractivity contribution < 1.29 is 9.53 Å². The van der Waals surface area contributed by atoms with Gasteiger partial charge in [0.05, 0.1) is 24.2 Å². The lowest BCUT2D eigenvalue weighted by Gasteiger charge is -2.09. The summed E-state index contributed by atoms with van der Waals surface area (Å²) in [5, 5.41) is 3.30. The highest BCUT2D eigenvalue weighted by Crippen LogP contribution is 2.24. The van der Waals surface area contributed by atoms with Gasteiger partial charge >= 0.3 is 0 Å². The van der Waals surface area contributed by atoms with Crippen LogP contribution in [-0.2, 0) is 4.79 Å². The number of hydrogen-bond donors (Lipinski definition) is 2. The van der Waals surface area contributed by atoms with Crippen molar-refractivity contribution in [3.8, 4) is 5.75 Å². The quantitative estimate of drug-likeness (QED) is 0.496. The highest BCUT2D eigenvalue weighted by atomic mass is 32.2. The molecular formula is C13H14N4O2S. The zero-order chi connectivity index (χ0) is 14.4. The summed E-state index contributed by atoms with van der Waals surface area (Å²) in [4.78, 5) is 19.9. The van der Waals surface area contributed by atoms with E-state index < -0.39 is 0 Å². The number of nitrogens with zero attached hydrogens (tertiary/aromatic N) is 2. The van der Waals surface area contributed by atoms with Crippen LogP contribution >= 0.6 is 11.8 Å². The van der Waals surface area contributed by atoms with Crippen LogP contribution in [0.1, 0.15) is 0 Å². The van der Waals surface area contributed by atoms with Gasteiger partial charge < -0.3 is 15.8 Å². The molecule has 1 amide bonds. The first-order chi connectivity index (χ1) is 9.69. The standard InChI is InChI=1S/C13H14N4O2S/c1-19-9-3-4-11(10(14)7-9)17-12(18)8-20-13-15-5-2-6-16-13/h2-7H,8,14H2,1H3,(H,17,18). The van der Waals surface area contributed by atoms with E-state index in [1.165, 1.54) is 11.8 Å². The number of anilines is 2. The minimum absolute atomic E-state index is 0.167. The lowest BCUT2D eigenvalue weighted by atomic mass is 10.2. The van der Waals surface area contributed by atoms with E-state index in [2.05, 4.69) is 15.3 Å². The number of ether oxygens (including phenoxy) is 1. The van der Waals surface area contributed by atoms with Gasteiger partial charge in [0.15, 0.2) is 5.16 Å². The van der Waals surface area contributed by atoms with Crippen molar-refractivity contribution in [2.75, 3.05) is 23.9 Å². The molecule has 0 bridgehead atoms. The van der Waals surface area contributed by atoms with Crippen LogP contribution in [0.3, 0.4) is 0 Å². The molecule has 0 atom stereocenters. The third-order valence-electron chi connectivity index (χ3n) is 2.41. The van der Waals surface area contributed by atoms with E-state index in [1.54, 1.807) is 43.8 Å². The molecule has 0 radical (unpaired) electrons. The molecule has 0 saturated carbocycles. The van der Waals surface area contributed by atoms with Crippen LogP contribution < -0.4 is 15.8 Å². The molecule has 1 aromatic heterocycles. The minimum atomic E-state index is -0.167. The molecule has 0 aliphatic carbocycles. The Hall–Kier alpha value is -2.28. The first-order valence-electron chi connectivity index (χ1n) is 5.82. The Kier molecular flexibility index (Phi) is 4.78. The van der Waals surface area contributed by atoms with Crippen molar-refractivity contribution in [3.05, 3.63) is 36.7 Å². The number of methoxy groups -OCH3 is 1. The summed E-state index contributed by atoms with van der Waals surface area (Å²) in [6.07, 6.45) is 3.27. The van der Waals surface area contributed by atoms with Gasteiger partial charge in [0.25, 0.3) is 0 Å². The van der Waals surface area contributed by atoms with Gasteiger partial charge in [0.1, 0.15) is 5.75 Å². The number of hydrogen-bond acceptors (Lipinski definition) is 6. The molecule has 6 nitrogen and oxygen atoms in total. The van der Waals surface area contributed by atoms with Crippen molar-refractivity contribution in [3.63, 3.8) is 0 Å². The maximum absolute atomic E-state index is 11.8. The zero-order valence-electron chi connectivity index (χ0n) is 10.9. The van der Waals surface area contributed by atoms with Crippen LogP contribution in [0.4, 0.5) is 11.4 Å². The fourth-order valence-electron chi connectivity index (χ4n) is 1.46. The van der Waals surface area contributed by atoms with Crippen LogP contribution in [0.25, 0.3) is 0 Å². The lowest BCUT2D eigenvalue weighted by Crippen LogP contribution is -2.15. The minimum Gasteiger partial charge on any atom is -0.497 e. The Morgan fingerprint density at radius 1 is 1.40 bits per heavy atom. The number of nitrogen functional groups attached to an aromatic ring is 1. The van der Waals surface area contributed by atoms with Crippen molar-refractivity contribution in [2.24, 2.45) is 0 Å². The SMILES string of the molecule is COc1ccc(NC(=O)CSc2ncccn2)c(N)c1. The van der Waals surface area contributed by atoms with Gasteiger partial charge in [0, 0.05) is 18.5 Å². The highest BCUT2D eigenvalue weighted by Gasteiger charge is 2.07. The van der Waals surface area contributed by atoms with Crippen LogP contribution in [0, 0.1) is 0 Å². The van der Waals surface area contributed by atoms with Crippen molar-refractivity contribution >= 4 is 29.0 Å². The summed E-state index contributed by atoms with van der Waals surface area (Å²) in [5.41, 5.74) is 6.84. The number of thioether (sulfide) groups is 1. The van der Waals surface area contributed by atoms with E-state index in [4.69, 9.17) is 10.5 Å². The van der Waals surface area contributed by atoms with E-state index in [9.17, 15) is 4.79 Å². The predicted octanol–water partition coefficient (Wildman–Crippen LogP) is 1.80. The maximum atomic E-state index is 11.8. The van der Waals surface area contributed by atoms with Gasteiger partial charge in [-0.15, -0.1) is 0 Å². The van der Waals surface area contributed by atoms with E-state index in [0.717, 1.165) is 0 Å². The Bertz CT molecular complexity index is 592. The van der Waals surface area contributed by atoms with Gasteiger partial charge in [-0.2, -0.15) is 0 Å². The largest absolute Gasteiger partial charge is 0.497 e. The van der Waals surface area contributed by atoms with Crippen LogP contribution in [0.15, 0.2) is 41.8 Å². The Morgan fingerprint density at radius 2 is 2.15 bits per heavy atom. The molecule has 7 heteroatoms. The van der Waals surface area contributed by atoms with E-state index in [-0.39, 0.29) is 11.7 Å². The molecule has 0 saturated heterocycles. The van der Waals surface area contributed by atoms with Gasteiger partial charge in [-0.25, -0.2) is 9.97 Å². The average molecular weight is 290 g/mol. The first-order valence-corrected chi connectivity index (χ1v) is 6.81. The van der Waals surface area contributed by atoms with Crippen molar-refractivity contribution in [1.29, 1.82) is 0 Å². The molecule has 20 heavy (non-hydrogen) atoms. The second kappa shape index (κ2) is 6.76. The summed E-state index contributed by atoms with van der Waals surface area (Å²) in [5.74, 6) is 0.696. The molecular weight excluding hydrogens is 276 g/mol. The predicted molar refractivity (Wildman–Crippen MR) is 78.8 cm³/mol. The number of aromatic nitrogens is 2. The van der Waals surface area contributed by atoms with Gasteiger partial charge in [-0.1, -0.05) is 11.8 Å². The second-order valence-electron chi connectivity index (χ2n) is 3.82. The molecule has 3 N–H and O–H groups in total. The van der Waals surface area contributed by atoms with Gasteiger partial charge in [0.2, 0.25) is 5.91 Å². The molecule has 0 aliphatic heterocycles. The molecule has 2 aromatic rings. The second-order valence-corrected chi connectivity index (χ2v) is 4.76. The average Bonchev–Trinajstić information content (AvgIpc) is 2.48. The normalized spacial score (nSPS) is 10.1. The van der Waals surface area contributed by atoms with Crippen LogP contribution in [0.5, 0.6) is 5.75 Å². The summed E-state index contributed by atoms with van der Waals surface area (Å²) < 4.78 is 5.05. The molecule has 0 unspecified atom stereocenters. The van der Waals surface area contributed by atoms with Gasteiger partial charge in [-0.05, 0) is 18.2 Å². The zero-order valence-corrected chi connectivity index (χ0v) is 11.7. The lowest BCUT2D eigenvalue weighted by molar-refractivity contribution is -0.113. The fraction of sp³-hybridized carbons (Fsp3) is 0.154. The van der Waals surface area contributed by atoms with E-state index >= 15 is 0 Å². The number of carbonyl (C=O) groups excluding carboxylic acids is 1. The first kappa shape index (κ1) is 14.1. The van der Waals surface area contributed by atoms with E-state index in [1.807, 2.05) is 0 Å². The summed E-state index contributed by atoms with van der Waals surface area (Å²) in [6.45, 7) is 0. The highest BCUT2D eigenvalue weighted by molar-refractivity contribution is 7.99. The monoisotopic (exact) mass is 290 g/mol. The Labute approximate surface area is 120 Å². The topological polar surface area (TPSA) is 90.1 Å². The maximum Gasteiger partial charge on any atom is 0.234 e. The van der Waals surface area contributed by atoms with Gasteiger partial charge in [-0.3, -0.25) is 4.79 Å². The molecule has 2 rings (SSSR count). The molecule has 0 fully saturated rings. The summed E-state index contributed by atoms with van der Waals surface area (Å²) in [6, 6.07) is 6.82. The molecule has 0 aliphatic rings. The third kappa shape index (κ3) is 3.86. The number of nitrogens with two attached hydrogens (primary N) is 1. The molecule has 1 aromatic carbocycles. The Morgan fingerprint density at radius 3 is 2.80 bits per heavy atom. The molecule has 1 heterocycles. The molecule has 104 valence electrons. The number of carbonyl (C=O) groups is 1. The van der Waals surface area contributed by atoms with Crippen LogP contribution in [-0.4, -0.2) is 28.7 Å². The third-order valence-corrected chi connectivity index (χ3v) is 3.28. The number of benzene rings is 1. The van der Waals surface area contributed by atoms with E-state index in [0.29, 0.717) is 22.3 Å². The summed E-state index contributed by atoms with van der Waals surface area (Å²) in [7, 11) is 1.56.